The van der Waals surface area contributed by atoms with Crippen LogP contribution in [0.15, 0.2) is 24.3 Å². The number of amides is 3. The van der Waals surface area contributed by atoms with Crippen molar-refractivity contribution in [2.24, 2.45) is 5.73 Å². The maximum Gasteiger partial charge on any atom is 0.325 e. The molecule has 1 aromatic carbocycles. The largest absolute Gasteiger partial charge is 0.480 e. The quantitative estimate of drug-likeness (QED) is 0.804. The van der Waals surface area contributed by atoms with Crippen LogP contribution in [0, 0.1) is 0 Å². The van der Waals surface area contributed by atoms with Gasteiger partial charge >= 0.3 is 12.0 Å². The van der Waals surface area contributed by atoms with E-state index in [0.717, 1.165) is 16.9 Å². The van der Waals surface area contributed by atoms with Gasteiger partial charge in [-0.3, -0.25) is 14.5 Å². The Hall–Kier alpha value is -2.57. The summed E-state index contributed by atoms with van der Waals surface area (Å²) in [6.45, 7) is 0.993. The Labute approximate surface area is 122 Å². The van der Waals surface area contributed by atoms with Gasteiger partial charge in [-0.1, -0.05) is 19.1 Å². The van der Waals surface area contributed by atoms with E-state index in [2.05, 4.69) is 0 Å². The zero-order valence-electron chi connectivity index (χ0n) is 12.1. The van der Waals surface area contributed by atoms with Gasteiger partial charge in [-0.2, -0.15) is 0 Å². The molecule has 0 atom stereocenters. The lowest BCUT2D eigenvalue weighted by atomic mass is 10.1. The first-order chi connectivity index (χ1) is 9.85. The maximum atomic E-state index is 12.2. The second kappa shape index (κ2) is 7.28. The molecule has 1 aromatic rings. The van der Waals surface area contributed by atoms with Gasteiger partial charge in [0.15, 0.2) is 0 Å². The smallest absolute Gasteiger partial charge is 0.325 e. The summed E-state index contributed by atoms with van der Waals surface area (Å²) in [6.07, 6.45) is 0.880. The Kier molecular flexibility index (Phi) is 5.71. The molecular weight excluding hydrogens is 274 g/mol. The van der Waals surface area contributed by atoms with Crippen molar-refractivity contribution in [3.63, 3.8) is 0 Å². The summed E-state index contributed by atoms with van der Waals surface area (Å²) < 4.78 is 0. The predicted octanol–water partition coefficient (Wildman–Crippen LogP) is 0.677. The molecule has 0 fully saturated rings. The molecule has 0 saturated heterocycles. The monoisotopic (exact) mass is 293 g/mol. The van der Waals surface area contributed by atoms with Crippen molar-refractivity contribution in [3.05, 3.63) is 29.8 Å². The standard InChI is InChI=1S/C14H19N3O4/c1-3-10-4-6-11(7-5-10)16(2)14(21)17(8-12(15)18)9-13(19)20/h4-7H,3,8-9H2,1-2H3,(H2,15,18)(H,19,20). The Balaban J connectivity index is 2.89. The summed E-state index contributed by atoms with van der Waals surface area (Å²) in [4.78, 5) is 36.1. The highest BCUT2D eigenvalue weighted by Gasteiger charge is 2.22. The van der Waals surface area contributed by atoms with Gasteiger partial charge in [-0.05, 0) is 24.1 Å². The van der Waals surface area contributed by atoms with Crippen molar-refractivity contribution in [2.45, 2.75) is 13.3 Å². The van der Waals surface area contributed by atoms with Crippen LogP contribution in [0.1, 0.15) is 12.5 Å². The highest BCUT2D eigenvalue weighted by atomic mass is 16.4. The minimum Gasteiger partial charge on any atom is -0.480 e. The number of aliphatic carboxylic acids is 1. The number of hydrogen-bond acceptors (Lipinski definition) is 3. The van der Waals surface area contributed by atoms with E-state index in [1.807, 2.05) is 19.1 Å². The van der Waals surface area contributed by atoms with E-state index in [4.69, 9.17) is 10.8 Å². The van der Waals surface area contributed by atoms with E-state index in [0.29, 0.717) is 5.69 Å². The van der Waals surface area contributed by atoms with Crippen molar-refractivity contribution in [1.82, 2.24) is 4.90 Å². The Bertz CT molecular complexity index is 512. The highest BCUT2D eigenvalue weighted by molar-refractivity contribution is 5.95. The zero-order chi connectivity index (χ0) is 16.0. The molecule has 0 aromatic heterocycles. The number of carbonyl (C=O) groups excluding carboxylic acids is 2. The van der Waals surface area contributed by atoms with Crippen LogP contribution in [-0.2, 0) is 16.0 Å². The predicted molar refractivity (Wildman–Crippen MR) is 78.0 cm³/mol. The second-order valence-corrected chi connectivity index (χ2v) is 4.58. The normalized spacial score (nSPS) is 10.0. The number of nitrogens with zero attached hydrogens (tertiary/aromatic N) is 2. The topological polar surface area (TPSA) is 104 Å². The summed E-state index contributed by atoms with van der Waals surface area (Å²) in [5.41, 5.74) is 6.77. The third kappa shape index (κ3) is 4.79. The lowest BCUT2D eigenvalue weighted by molar-refractivity contribution is -0.137. The van der Waals surface area contributed by atoms with Gasteiger partial charge in [0.05, 0.1) is 0 Å². The summed E-state index contributed by atoms with van der Waals surface area (Å²) in [6, 6.07) is 6.70. The van der Waals surface area contributed by atoms with Gasteiger partial charge in [-0.15, -0.1) is 0 Å². The van der Waals surface area contributed by atoms with E-state index in [9.17, 15) is 14.4 Å². The van der Waals surface area contributed by atoms with Crippen molar-refractivity contribution >= 4 is 23.6 Å². The third-order valence-corrected chi connectivity index (χ3v) is 2.96. The molecule has 0 aliphatic carbocycles. The van der Waals surface area contributed by atoms with Gasteiger partial charge in [0.2, 0.25) is 5.91 Å². The molecule has 0 spiro atoms. The molecule has 0 aliphatic rings. The number of nitrogens with two attached hydrogens (primary N) is 1. The van der Waals surface area contributed by atoms with Gasteiger partial charge in [-0.25, -0.2) is 4.79 Å². The van der Waals surface area contributed by atoms with Crippen LogP contribution in [0.3, 0.4) is 0 Å². The SMILES string of the molecule is CCc1ccc(N(C)C(=O)N(CC(N)=O)CC(=O)O)cc1. The van der Waals surface area contributed by atoms with E-state index in [1.54, 1.807) is 12.1 Å². The molecular formula is C14H19N3O4. The molecule has 0 heterocycles. The molecule has 3 amide bonds. The lowest BCUT2D eigenvalue weighted by Gasteiger charge is -2.26. The summed E-state index contributed by atoms with van der Waals surface area (Å²) in [5, 5.41) is 8.80. The highest BCUT2D eigenvalue weighted by Crippen LogP contribution is 2.15. The van der Waals surface area contributed by atoms with Crippen LogP contribution in [0.2, 0.25) is 0 Å². The van der Waals surface area contributed by atoms with E-state index in [-0.39, 0.29) is 0 Å². The molecule has 7 heteroatoms. The number of benzene rings is 1. The third-order valence-electron chi connectivity index (χ3n) is 2.96. The van der Waals surface area contributed by atoms with Crippen LogP contribution in [0.4, 0.5) is 10.5 Å². The molecule has 0 saturated carbocycles. The molecule has 7 nitrogen and oxygen atoms in total. The van der Waals surface area contributed by atoms with Gasteiger partial charge < -0.3 is 15.7 Å². The second-order valence-electron chi connectivity index (χ2n) is 4.58. The molecule has 114 valence electrons. The lowest BCUT2D eigenvalue weighted by Crippen LogP contribution is -2.47. The van der Waals surface area contributed by atoms with Crippen molar-refractivity contribution in [3.8, 4) is 0 Å². The molecule has 3 N–H and O–H groups in total. The van der Waals surface area contributed by atoms with E-state index < -0.39 is 31.0 Å². The summed E-state index contributed by atoms with van der Waals surface area (Å²) >= 11 is 0. The van der Waals surface area contributed by atoms with Crippen LogP contribution >= 0.6 is 0 Å². The van der Waals surface area contributed by atoms with Crippen LogP contribution in [0.25, 0.3) is 0 Å². The van der Waals surface area contributed by atoms with E-state index in [1.165, 1.54) is 11.9 Å². The number of primary amides is 1. The number of urea groups is 1. The fraction of sp³-hybridized carbons (Fsp3) is 0.357. The first kappa shape index (κ1) is 16.5. The minimum absolute atomic E-state index is 0.442. The minimum atomic E-state index is -1.21. The van der Waals surface area contributed by atoms with Crippen LogP contribution < -0.4 is 10.6 Å². The Morgan fingerprint density at radius 1 is 1.14 bits per heavy atom. The van der Waals surface area contributed by atoms with Crippen LogP contribution in [0.5, 0.6) is 0 Å². The fourth-order valence-electron chi connectivity index (χ4n) is 1.82. The first-order valence-electron chi connectivity index (χ1n) is 6.46. The molecule has 1 rings (SSSR count). The maximum absolute atomic E-state index is 12.2. The number of hydrogen-bond donors (Lipinski definition) is 2. The zero-order valence-corrected chi connectivity index (χ0v) is 12.1. The molecule has 0 unspecified atom stereocenters. The average Bonchev–Trinajstić information content (AvgIpc) is 2.44. The fourth-order valence-corrected chi connectivity index (χ4v) is 1.82. The average molecular weight is 293 g/mol. The number of anilines is 1. The van der Waals surface area contributed by atoms with Crippen molar-refractivity contribution in [2.75, 3.05) is 25.0 Å². The molecule has 0 aliphatic heterocycles. The van der Waals surface area contributed by atoms with Gasteiger partial charge in [0.1, 0.15) is 13.1 Å². The first-order valence-corrected chi connectivity index (χ1v) is 6.46. The summed E-state index contributed by atoms with van der Waals surface area (Å²) in [5.74, 6) is -1.97. The van der Waals surface area contributed by atoms with Crippen LogP contribution in [-0.4, -0.2) is 48.1 Å². The van der Waals surface area contributed by atoms with Gasteiger partial charge in [0.25, 0.3) is 0 Å². The van der Waals surface area contributed by atoms with Crippen molar-refractivity contribution in [1.29, 1.82) is 0 Å². The molecule has 0 radical (unpaired) electrons. The number of rotatable bonds is 6. The number of aryl methyl sites for hydroxylation is 1. The van der Waals surface area contributed by atoms with E-state index >= 15 is 0 Å². The molecule has 0 bridgehead atoms. The van der Waals surface area contributed by atoms with Gasteiger partial charge in [0, 0.05) is 12.7 Å². The number of carbonyl (C=O) groups is 3. The Morgan fingerprint density at radius 3 is 2.14 bits per heavy atom. The van der Waals surface area contributed by atoms with Crippen molar-refractivity contribution < 1.29 is 19.5 Å². The molecule has 21 heavy (non-hydrogen) atoms. The summed E-state index contributed by atoms with van der Waals surface area (Å²) in [7, 11) is 1.51. The Morgan fingerprint density at radius 2 is 1.71 bits per heavy atom. The number of carboxylic acid groups (broad SMARTS) is 1. The number of carboxylic acids is 1.